The monoisotopic (exact) mass is 254 g/mol. The van der Waals surface area contributed by atoms with Gasteiger partial charge < -0.3 is 15.4 Å². The van der Waals surface area contributed by atoms with E-state index in [2.05, 4.69) is 17.6 Å². The van der Waals surface area contributed by atoms with Gasteiger partial charge in [0.1, 0.15) is 0 Å². The first-order valence-electron chi connectivity index (χ1n) is 7.27. The van der Waals surface area contributed by atoms with Crippen LogP contribution in [0.5, 0.6) is 0 Å². The second-order valence-corrected chi connectivity index (χ2v) is 5.97. The van der Waals surface area contributed by atoms with Crippen LogP contribution in [0.4, 0.5) is 0 Å². The molecule has 104 valence electrons. The van der Waals surface area contributed by atoms with Crippen molar-refractivity contribution in [1.29, 1.82) is 0 Å². The van der Waals surface area contributed by atoms with Crippen molar-refractivity contribution in [2.45, 2.75) is 51.0 Å². The molecule has 0 bridgehead atoms. The zero-order valence-electron chi connectivity index (χ0n) is 11.5. The predicted octanol–water partition coefficient (Wildman–Crippen LogP) is 1.45. The number of piperidine rings is 1. The molecule has 0 aromatic heterocycles. The molecule has 18 heavy (non-hydrogen) atoms. The smallest absolute Gasteiger partial charge is 0.220 e. The van der Waals surface area contributed by atoms with E-state index in [1.165, 1.54) is 12.8 Å². The largest absolute Gasteiger partial charge is 0.381 e. The topological polar surface area (TPSA) is 50.4 Å². The van der Waals surface area contributed by atoms with Gasteiger partial charge in [0.25, 0.3) is 0 Å². The fourth-order valence-electron chi connectivity index (χ4n) is 2.85. The summed E-state index contributed by atoms with van der Waals surface area (Å²) >= 11 is 0. The van der Waals surface area contributed by atoms with Gasteiger partial charge in [-0.2, -0.15) is 0 Å². The summed E-state index contributed by atoms with van der Waals surface area (Å²) in [5, 5.41) is 6.59. The molecular weight excluding hydrogens is 228 g/mol. The van der Waals surface area contributed by atoms with Crippen LogP contribution in [0.3, 0.4) is 0 Å². The van der Waals surface area contributed by atoms with Crippen molar-refractivity contribution in [3.8, 4) is 0 Å². The summed E-state index contributed by atoms with van der Waals surface area (Å²) in [6.45, 7) is 5.89. The molecule has 2 aliphatic rings. The molecule has 4 heteroatoms. The molecule has 2 fully saturated rings. The first kappa shape index (κ1) is 13.8. The molecule has 4 nitrogen and oxygen atoms in total. The minimum absolute atomic E-state index is 0.0415. The van der Waals surface area contributed by atoms with Crippen molar-refractivity contribution in [1.82, 2.24) is 10.6 Å². The summed E-state index contributed by atoms with van der Waals surface area (Å²) in [6.07, 6.45) is 6.08. The standard InChI is InChI=1S/C14H26N2O2/c1-14(6-9-18-10-7-14)16-13(17)5-4-12-3-2-8-15-11-12/h12,15H,2-11H2,1H3,(H,16,17). The lowest BCUT2D eigenvalue weighted by Gasteiger charge is -2.34. The highest BCUT2D eigenvalue weighted by Gasteiger charge is 2.28. The van der Waals surface area contributed by atoms with Gasteiger partial charge in [0.05, 0.1) is 0 Å². The summed E-state index contributed by atoms with van der Waals surface area (Å²) in [4.78, 5) is 12.0. The van der Waals surface area contributed by atoms with Gasteiger partial charge in [-0.25, -0.2) is 0 Å². The van der Waals surface area contributed by atoms with E-state index in [-0.39, 0.29) is 11.4 Å². The maximum atomic E-state index is 12.0. The van der Waals surface area contributed by atoms with E-state index in [0.717, 1.165) is 45.6 Å². The highest BCUT2D eigenvalue weighted by molar-refractivity contribution is 5.76. The van der Waals surface area contributed by atoms with Gasteiger partial charge in [-0.05, 0) is 58.0 Å². The Morgan fingerprint density at radius 3 is 2.89 bits per heavy atom. The molecular formula is C14H26N2O2. The van der Waals surface area contributed by atoms with Crippen molar-refractivity contribution in [2.24, 2.45) is 5.92 Å². The fourth-order valence-corrected chi connectivity index (χ4v) is 2.85. The average molecular weight is 254 g/mol. The van der Waals surface area contributed by atoms with Crippen LogP contribution in [0.15, 0.2) is 0 Å². The molecule has 0 radical (unpaired) electrons. The third kappa shape index (κ3) is 4.25. The minimum atomic E-state index is -0.0415. The summed E-state index contributed by atoms with van der Waals surface area (Å²) in [6, 6.07) is 0. The Hall–Kier alpha value is -0.610. The van der Waals surface area contributed by atoms with Crippen molar-refractivity contribution >= 4 is 5.91 Å². The van der Waals surface area contributed by atoms with E-state index in [1.54, 1.807) is 0 Å². The summed E-state index contributed by atoms with van der Waals surface area (Å²) in [7, 11) is 0. The Kier molecular flexibility index (Phi) is 5.01. The van der Waals surface area contributed by atoms with Gasteiger partial charge in [-0.3, -0.25) is 4.79 Å². The van der Waals surface area contributed by atoms with Crippen LogP contribution in [0.2, 0.25) is 0 Å². The molecule has 0 spiro atoms. The Balaban J connectivity index is 1.67. The Morgan fingerprint density at radius 1 is 1.44 bits per heavy atom. The Labute approximate surface area is 110 Å². The molecule has 0 aromatic carbocycles. The van der Waals surface area contributed by atoms with E-state index in [1.807, 2.05) is 0 Å². The van der Waals surface area contributed by atoms with Gasteiger partial charge in [-0.15, -0.1) is 0 Å². The Morgan fingerprint density at radius 2 is 2.22 bits per heavy atom. The minimum Gasteiger partial charge on any atom is -0.381 e. The molecule has 0 saturated carbocycles. The molecule has 1 atom stereocenters. The van der Waals surface area contributed by atoms with Crippen LogP contribution >= 0.6 is 0 Å². The number of carbonyl (C=O) groups is 1. The molecule has 1 unspecified atom stereocenters. The fraction of sp³-hybridized carbons (Fsp3) is 0.929. The second-order valence-electron chi connectivity index (χ2n) is 5.97. The number of hydrogen-bond donors (Lipinski definition) is 2. The van der Waals surface area contributed by atoms with Crippen LogP contribution in [0, 0.1) is 5.92 Å². The zero-order chi connectivity index (χ0) is 12.8. The number of nitrogens with one attached hydrogen (secondary N) is 2. The van der Waals surface area contributed by atoms with Crippen molar-refractivity contribution in [3.63, 3.8) is 0 Å². The van der Waals surface area contributed by atoms with Gasteiger partial charge in [-0.1, -0.05) is 0 Å². The third-order valence-electron chi connectivity index (χ3n) is 4.22. The lowest BCUT2D eigenvalue weighted by atomic mass is 9.91. The van der Waals surface area contributed by atoms with Gasteiger partial charge in [0.15, 0.2) is 0 Å². The van der Waals surface area contributed by atoms with E-state index in [0.29, 0.717) is 12.3 Å². The molecule has 2 N–H and O–H groups in total. The van der Waals surface area contributed by atoms with Crippen molar-refractivity contribution in [3.05, 3.63) is 0 Å². The maximum absolute atomic E-state index is 12.0. The van der Waals surface area contributed by atoms with Crippen molar-refractivity contribution in [2.75, 3.05) is 26.3 Å². The Bertz CT molecular complexity index is 269. The molecule has 2 heterocycles. The molecule has 2 aliphatic heterocycles. The first-order valence-corrected chi connectivity index (χ1v) is 7.27. The highest BCUT2D eigenvalue weighted by atomic mass is 16.5. The van der Waals surface area contributed by atoms with E-state index < -0.39 is 0 Å². The van der Waals surface area contributed by atoms with Gasteiger partial charge >= 0.3 is 0 Å². The number of amides is 1. The quantitative estimate of drug-likeness (QED) is 0.798. The lowest BCUT2D eigenvalue weighted by Crippen LogP contribution is -2.49. The van der Waals surface area contributed by atoms with Gasteiger partial charge in [0, 0.05) is 25.2 Å². The zero-order valence-corrected chi connectivity index (χ0v) is 11.5. The van der Waals surface area contributed by atoms with Crippen LogP contribution in [-0.2, 0) is 9.53 Å². The van der Waals surface area contributed by atoms with Crippen LogP contribution in [0.25, 0.3) is 0 Å². The van der Waals surface area contributed by atoms with Gasteiger partial charge in [0.2, 0.25) is 5.91 Å². The molecule has 1 amide bonds. The maximum Gasteiger partial charge on any atom is 0.220 e. The highest BCUT2D eigenvalue weighted by Crippen LogP contribution is 2.21. The summed E-state index contributed by atoms with van der Waals surface area (Å²) in [5.41, 5.74) is -0.0415. The molecule has 2 saturated heterocycles. The van der Waals surface area contributed by atoms with Crippen molar-refractivity contribution < 1.29 is 9.53 Å². The summed E-state index contributed by atoms with van der Waals surface area (Å²) in [5.74, 6) is 0.900. The van der Waals surface area contributed by atoms with Crippen LogP contribution < -0.4 is 10.6 Å². The van der Waals surface area contributed by atoms with E-state index in [4.69, 9.17) is 4.74 Å². The molecule has 0 aromatic rings. The predicted molar refractivity (Wildman–Crippen MR) is 71.4 cm³/mol. The molecule has 2 rings (SSSR count). The SMILES string of the molecule is CC1(NC(=O)CCC2CCCNC2)CCOCC1. The number of ether oxygens (including phenoxy) is 1. The van der Waals surface area contributed by atoms with Crippen LogP contribution in [-0.4, -0.2) is 37.7 Å². The summed E-state index contributed by atoms with van der Waals surface area (Å²) < 4.78 is 5.34. The first-order chi connectivity index (χ1) is 8.68. The number of hydrogen-bond acceptors (Lipinski definition) is 3. The second kappa shape index (κ2) is 6.53. The third-order valence-corrected chi connectivity index (χ3v) is 4.22. The van der Waals surface area contributed by atoms with Crippen LogP contribution in [0.1, 0.15) is 45.4 Å². The lowest BCUT2D eigenvalue weighted by molar-refractivity contribution is -0.124. The number of rotatable bonds is 4. The van der Waals surface area contributed by atoms with E-state index >= 15 is 0 Å². The normalized spacial score (nSPS) is 27.7. The molecule has 0 aliphatic carbocycles. The average Bonchev–Trinajstić information content (AvgIpc) is 2.38. The number of carbonyl (C=O) groups excluding carboxylic acids is 1. The van der Waals surface area contributed by atoms with E-state index in [9.17, 15) is 4.79 Å².